The van der Waals surface area contributed by atoms with Gasteiger partial charge in [0.1, 0.15) is 5.82 Å². The lowest BCUT2D eigenvalue weighted by atomic mass is 10.1. The number of likely N-dealkylation sites (N-methyl/N-ethyl adjacent to an activating group) is 1. The van der Waals surface area contributed by atoms with Crippen molar-refractivity contribution < 1.29 is 4.39 Å². The second kappa shape index (κ2) is 6.75. The Morgan fingerprint density at radius 1 is 1.24 bits per heavy atom. The molecule has 1 N–H and O–H groups in total. The molecular formula is C17H28FN3. The summed E-state index contributed by atoms with van der Waals surface area (Å²) in [7, 11) is 2.17. The van der Waals surface area contributed by atoms with Crippen LogP contribution in [0, 0.1) is 5.82 Å². The fourth-order valence-electron chi connectivity index (χ4n) is 2.93. The number of hydrogen-bond acceptors (Lipinski definition) is 3. The number of anilines is 1. The Morgan fingerprint density at radius 3 is 2.43 bits per heavy atom. The first-order valence-corrected chi connectivity index (χ1v) is 7.87. The Kier molecular flexibility index (Phi) is 5.22. The van der Waals surface area contributed by atoms with Crippen molar-refractivity contribution >= 4 is 5.69 Å². The molecule has 1 aliphatic rings. The third-order valence-corrected chi connectivity index (χ3v) is 4.48. The van der Waals surface area contributed by atoms with Gasteiger partial charge in [-0.2, -0.15) is 0 Å². The average Bonchev–Trinajstić information content (AvgIpc) is 2.42. The summed E-state index contributed by atoms with van der Waals surface area (Å²) in [5.74, 6) is -0.111. The van der Waals surface area contributed by atoms with Gasteiger partial charge in [0.2, 0.25) is 0 Å². The monoisotopic (exact) mass is 293 g/mol. The van der Waals surface area contributed by atoms with Gasteiger partial charge in [0.15, 0.2) is 0 Å². The molecule has 2 unspecified atom stereocenters. The minimum Gasteiger partial charge on any atom is -0.368 e. The number of hydrogen-bond donors (Lipinski definition) is 1. The molecule has 2 rings (SSSR count). The van der Waals surface area contributed by atoms with Crippen LogP contribution in [-0.4, -0.2) is 43.2 Å². The second-order valence-corrected chi connectivity index (χ2v) is 6.54. The van der Waals surface area contributed by atoms with Crippen LogP contribution in [0.5, 0.6) is 0 Å². The quantitative estimate of drug-likeness (QED) is 0.921. The van der Waals surface area contributed by atoms with E-state index < -0.39 is 0 Å². The van der Waals surface area contributed by atoms with Gasteiger partial charge in [-0.05, 0) is 33.0 Å². The fraction of sp³-hybridized carbons (Fsp3) is 0.647. The molecule has 1 aromatic rings. The van der Waals surface area contributed by atoms with Crippen molar-refractivity contribution in [2.45, 2.75) is 52.4 Å². The van der Waals surface area contributed by atoms with E-state index in [0.29, 0.717) is 24.7 Å². The molecule has 118 valence electrons. The summed E-state index contributed by atoms with van der Waals surface area (Å²) in [6.45, 7) is 11.1. The fourth-order valence-corrected chi connectivity index (χ4v) is 2.93. The van der Waals surface area contributed by atoms with Gasteiger partial charge in [-0.1, -0.05) is 19.9 Å². The van der Waals surface area contributed by atoms with Crippen LogP contribution in [0.2, 0.25) is 0 Å². The Balaban J connectivity index is 2.24. The van der Waals surface area contributed by atoms with E-state index in [-0.39, 0.29) is 5.82 Å². The standard InChI is InChI=1S/C17H28FN3/c1-12(2)19-9-15-16(18)7-6-8-17(15)21-10-13(3)20(5)14(4)11-21/h6-8,12-14,19H,9-11H2,1-5H3. The first kappa shape index (κ1) is 16.2. The zero-order chi connectivity index (χ0) is 15.6. The zero-order valence-electron chi connectivity index (χ0n) is 13.9. The van der Waals surface area contributed by atoms with Crippen LogP contribution in [0.4, 0.5) is 10.1 Å². The van der Waals surface area contributed by atoms with Crippen molar-refractivity contribution in [3.63, 3.8) is 0 Å². The van der Waals surface area contributed by atoms with E-state index in [4.69, 9.17) is 0 Å². The molecule has 2 atom stereocenters. The number of piperazine rings is 1. The third-order valence-electron chi connectivity index (χ3n) is 4.48. The number of nitrogens with zero attached hydrogens (tertiary/aromatic N) is 2. The molecule has 3 nitrogen and oxygen atoms in total. The highest BCUT2D eigenvalue weighted by Crippen LogP contribution is 2.27. The van der Waals surface area contributed by atoms with E-state index in [1.54, 1.807) is 6.07 Å². The highest BCUT2D eigenvalue weighted by atomic mass is 19.1. The molecule has 0 amide bonds. The van der Waals surface area contributed by atoms with Gasteiger partial charge >= 0.3 is 0 Å². The first-order chi connectivity index (χ1) is 9.90. The number of nitrogens with one attached hydrogen (secondary N) is 1. The van der Waals surface area contributed by atoms with Crippen LogP contribution in [0.3, 0.4) is 0 Å². The molecular weight excluding hydrogens is 265 g/mol. The lowest BCUT2D eigenvalue weighted by molar-refractivity contribution is 0.170. The Bertz CT molecular complexity index is 463. The van der Waals surface area contributed by atoms with Crippen LogP contribution in [0.15, 0.2) is 18.2 Å². The minimum absolute atomic E-state index is 0.111. The molecule has 1 heterocycles. The SMILES string of the molecule is CC(C)NCc1c(F)cccc1N1CC(C)N(C)C(C)C1. The summed E-state index contributed by atoms with van der Waals surface area (Å²) in [5.41, 5.74) is 1.82. The van der Waals surface area contributed by atoms with Gasteiger partial charge in [-0.3, -0.25) is 4.90 Å². The Morgan fingerprint density at radius 2 is 1.86 bits per heavy atom. The van der Waals surface area contributed by atoms with Crippen molar-refractivity contribution in [1.29, 1.82) is 0 Å². The van der Waals surface area contributed by atoms with Crippen molar-refractivity contribution in [3.8, 4) is 0 Å². The summed E-state index contributed by atoms with van der Waals surface area (Å²) in [6, 6.07) is 6.72. The molecule has 1 aromatic carbocycles. The van der Waals surface area contributed by atoms with Crippen LogP contribution >= 0.6 is 0 Å². The van der Waals surface area contributed by atoms with E-state index in [2.05, 4.69) is 49.9 Å². The highest BCUT2D eigenvalue weighted by molar-refractivity contribution is 5.55. The summed E-state index contributed by atoms with van der Waals surface area (Å²) in [5, 5.41) is 3.34. The summed E-state index contributed by atoms with van der Waals surface area (Å²) < 4.78 is 14.2. The van der Waals surface area contributed by atoms with E-state index in [0.717, 1.165) is 24.3 Å². The summed E-state index contributed by atoms with van der Waals surface area (Å²) >= 11 is 0. The van der Waals surface area contributed by atoms with Gasteiger partial charge in [0.05, 0.1) is 0 Å². The maximum absolute atomic E-state index is 14.2. The third kappa shape index (κ3) is 3.74. The number of halogens is 1. The van der Waals surface area contributed by atoms with E-state index >= 15 is 0 Å². The molecule has 0 bridgehead atoms. The smallest absolute Gasteiger partial charge is 0.129 e. The molecule has 21 heavy (non-hydrogen) atoms. The molecule has 1 aliphatic heterocycles. The second-order valence-electron chi connectivity index (χ2n) is 6.54. The van der Waals surface area contributed by atoms with E-state index in [1.807, 2.05) is 12.1 Å². The van der Waals surface area contributed by atoms with Crippen LogP contribution in [0.1, 0.15) is 33.3 Å². The molecule has 0 aromatic heterocycles. The average molecular weight is 293 g/mol. The van der Waals surface area contributed by atoms with Crippen LogP contribution < -0.4 is 10.2 Å². The predicted molar refractivity (Wildman–Crippen MR) is 87.3 cm³/mol. The van der Waals surface area contributed by atoms with E-state index in [1.165, 1.54) is 0 Å². The van der Waals surface area contributed by atoms with Crippen molar-refractivity contribution in [2.24, 2.45) is 0 Å². The van der Waals surface area contributed by atoms with Gasteiger partial charge in [-0.15, -0.1) is 0 Å². The molecule has 1 saturated heterocycles. The van der Waals surface area contributed by atoms with Gasteiger partial charge in [-0.25, -0.2) is 4.39 Å². The van der Waals surface area contributed by atoms with Crippen molar-refractivity contribution in [1.82, 2.24) is 10.2 Å². The normalized spacial score (nSPS) is 23.9. The zero-order valence-corrected chi connectivity index (χ0v) is 13.9. The molecule has 0 spiro atoms. The number of benzene rings is 1. The first-order valence-electron chi connectivity index (χ1n) is 7.87. The topological polar surface area (TPSA) is 18.5 Å². The van der Waals surface area contributed by atoms with Gasteiger partial charge in [0.25, 0.3) is 0 Å². The molecule has 0 saturated carbocycles. The molecule has 1 fully saturated rings. The van der Waals surface area contributed by atoms with Crippen LogP contribution in [0.25, 0.3) is 0 Å². The largest absolute Gasteiger partial charge is 0.368 e. The van der Waals surface area contributed by atoms with Gasteiger partial charge in [0, 0.05) is 49.0 Å². The molecule has 4 heteroatoms. The van der Waals surface area contributed by atoms with Crippen molar-refractivity contribution in [3.05, 3.63) is 29.6 Å². The molecule has 0 radical (unpaired) electrons. The summed E-state index contributed by atoms with van der Waals surface area (Å²) in [6.07, 6.45) is 0. The highest BCUT2D eigenvalue weighted by Gasteiger charge is 2.28. The van der Waals surface area contributed by atoms with Crippen LogP contribution in [-0.2, 0) is 6.54 Å². The van der Waals surface area contributed by atoms with Crippen molar-refractivity contribution in [2.75, 3.05) is 25.0 Å². The lowest BCUT2D eigenvalue weighted by Crippen LogP contribution is -2.55. The summed E-state index contributed by atoms with van der Waals surface area (Å²) in [4.78, 5) is 4.72. The van der Waals surface area contributed by atoms with E-state index in [9.17, 15) is 4.39 Å². The Hall–Kier alpha value is -1.13. The molecule has 0 aliphatic carbocycles. The predicted octanol–water partition coefficient (Wildman–Crippen LogP) is 2.85. The maximum Gasteiger partial charge on any atom is 0.129 e. The maximum atomic E-state index is 14.2. The Labute approximate surface area is 128 Å². The lowest BCUT2D eigenvalue weighted by Gasteiger charge is -2.44. The van der Waals surface area contributed by atoms with Gasteiger partial charge < -0.3 is 10.2 Å². The number of rotatable bonds is 4. The minimum atomic E-state index is -0.111.